The Morgan fingerprint density at radius 3 is 2.61 bits per heavy atom. The van der Waals surface area contributed by atoms with Crippen LogP contribution >= 0.6 is 11.3 Å². The number of rotatable bonds is 3. The van der Waals surface area contributed by atoms with Crippen molar-refractivity contribution in [3.8, 4) is 0 Å². The minimum absolute atomic E-state index is 0.0646. The fraction of sp³-hybridized carbons (Fsp3) is 0.125. The summed E-state index contributed by atoms with van der Waals surface area (Å²) in [6, 6.07) is 19.0. The zero-order chi connectivity index (χ0) is 12.4. The quantitative estimate of drug-likeness (QED) is 0.745. The van der Waals surface area contributed by atoms with Gasteiger partial charge in [-0.15, -0.1) is 11.3 Å². The predicted octanol–water partition coefficient (Wildman–Crippen LogP) is 4.14. The Morgan fingerprint density at radius 2 is 1.78 bits per heavy atom. The zero-order valence-electron chi connectivity index (χ0n) is 10.0. The van der Waals surface area contributed by atoms with Crippen molar-refractivity contribution in [2.24, 2.45) is 5.73 Å². The minimum Gasteiger partial charge on any atom is -0.324 e. The maximum atomic E-state index is 6.36. The van der Waals surface area contributed by atoms with Crippen molar-refractivity contribution in [2.45, 2.75) is 12.5 Å². The molecule has 0 spiro atoms. The van der Waals surface area contributed by atoms with E-state index in [1.165, 1.54) is 21.2 Å². The standard InChI is InChI=1S/C16H15NS/c17-15(11-12-5-2-1-3-6-12)14-8-4-7-13-9-10-18-16(13)14/h1-10,15H,11,17H2. The SMILES string of the molecule is NC(Cc1ccccc1)c1cccc2ccsc12. The van der Waals surface area contributed by atoms with Gasteiger partial charge in [-0.2, -0.15) is 0 Å². The average Bonchev–Trinajstić information content (AvgIpc) is 2.87. The maximum absolute atomic E-state index is 6.36. The molecule has 1 nitrogen and oxygen atoms in total. The first kappa shape index (κ1) is 11.5. The normalized spacial score (nSPS) is 12.7. The molecule has 1 unspecified atom stereocenters. The fourth-order valence-electron chi connectivity index (χ4n) is 2.29. The molecule has 18 heavy (non-hydrogen) atoms. The van der Waals surface area contributed by atoms with Gasteiger partial charge in [-0.3, -0.25) is 0 Å². The summed E-state index contributed by atoms with van der Waals surface area (Å²) < 4.78 is 1.32. The Kier molecular flexibility index (Phi) is 3.13. The Hall–Kier alpha value is -1.64. The lowest BCUT2D eigenvalue weighted by atomic mass is 9.99. The molecule has 0 bridgehead atoms. The maximum Gasteiger partial charge on any atom is 0.0390 e. The van der Waals surface area contributed by atoms with E-state index in [-0.39, 0.29) is 6.04 Å². The molecule has 0 aliphatic carbocycles. The number of fused-ring (bicyclic) bond motifs is 1. The molecule has 0 fully saturated rings. The van der Waals surface area contributed by atoms with Gasteiger partial charge in [0.05, 0.1) is 0 Å². The summed E-state index contributed by atoms with van der Waals surface area (Å²) >= 11 is 1.77. The van der Waals surface area contributed by atoms with E-state index in [9.17, 15) is 0 Å². The first-order valence-electron chi connectivity index (χ1n) is 6.10. The molecule has 2 heteroatoms. The molecule has 90 valence electrons. The van der Waals surface area contributed by atoms with Crippen LogP contribution in [0, 0.1) is 0 Å². The number of hydrogen-bond donors (Lipinski definition) is 1. The molecular formula is C16H15NS. The third kappa shape index (κ3) is 2.17. The highest BCUT2D eigenvalue weighted by Crippen LogP contribution is 2.29. The van der Waals surface area contributed by atoms with Crippen LogP contribution in [0.4, 0.5) is 0 Å². The summed E-state index contributed by atoms with van der Waals surface area (Å²) in [5.74, 6) is 0. The Balaban J connectivity index is 1.92. The first-order valence-corrected chi connectivity index (χ1v) is 6.98. The van der Waals surface area contributed by atoms with E-state index in [0.29, 0.717) is 0 Å². The van der Waals surface area contributed by atoms with Crippen LogP contribution in [0.3, 0.4) is 0 Å². The van der Waals surface area contributed by atoms with Crippen molar-refractivity contribution in [1.29, 1.82) is 0 Å². The monoisotopic (exact) mass is 253 g/mol. The lowest BCUT2D eigenvalue weighted by Gasteiger charge is -2.13. The van der Waals surface area contributed by atoms with Crippen LogP contribution in [-0.2, 0) is 6.42 Å². The van der Waals surface area contributed by atoms with Crippen LogP contribution in [0.1, 0.15) is 17.2 Å². The highest BCUT2D eigenvalue weighted by Gasteiger charge is 2.11. The molecule has 3 rings (SSSR count). The molecule has 1 atom stereocenters. The van der Waals surface area contributed by atoms with Crippen LogP contribution in [0.25, 0.3) is 10.1 Å². The summed E-state index contributed by atoms with van der Waals surface area (Å²) in [5, 5.41) is 3.42. The Bertz CT molecular complexity index is 642. The van der Waals surface area contributed by atoms with Gasteiger partial charge in [0.1, 0.15) is 0 Å². The molecule has 1 aromatic heterocycles. The second-order valence-corrected chi connectivity index (χ2v) is 5.40. The molecule has 3 aromatic rings. The second-order valence-electron chi connectivity index (χ2n) is 4.48. The molecule has 0 aliphatic rings. The third-order valence-corrected chi connectivity index (χ3v) is 4.19. The minimum atomic E-state index is 0.0646. The van der Waals surface area contributed by atoms with Crippen molar-refractivity contribution in [3.63, 3.8) is 0 Å². The molecule has 0 amide bonds. The van der Waals surface area contributed by atoms with E-state index in [0.717, 1.165) is 6.42 Å². The van der Waals surface area contributed by atoms with Gasteiger partial charge in [0.2, 0.25) is 0 Å². The van der Waals surface area contributed by atoms with Gasteiger partial charge in [-0.1, -0.05) is 48.5 Å². The summed E-state index contributed by atoms with van der Waals surface area (Å²) in [4.78, 5) is 0. The van der Waals surface area contributed by atoms with Crippen molar-refractivity contribution < 1.29 is 0 Å². The summed E-state index contributed by atoms with van der Waals surface area (Å²) in [6.07, 6.45) is 0.887. The molecular weight excluding hydrogens is 238 g/mol. The average molecular weight is 253 g/mol. The molecule has 0 aliphatic heterocycles. The van der Waals surface area contributed by atoms with Crippen LogP contribution < -0.4 is 5.73 Å². The Labute approximate surface area is 111 Å². The number of benzene rings is 2. The van der Waals surface area contributed by atoms with Crippen molar-refractivity contribution in [2.75, 3.05) is 0 Å². The van der Waals surface area contributed by atoms with E-state index >= 15 is 0 Å². The van der Waals surface area contributed by atoms with Crippen LogP contribution in [0.2, 0.25) is 0 Å². The van der Waals surface area contributed by atoms with Gasteiger partial charge in [0.25, 0.3) is 0 Å². The Morgan fingerprint density at radius 1 is 0.944 bits per heavy atom. The largest absolute Gasteiger partial charge is 0.324 e. The predicted molar refractivity (Wildman–Crippen MR) is 78.9 cm³/mol. The van der Waals surface area contributed by atoms with Gasteiger partial charge >= 0.3 is 0 Å². The van der Waals surface area contributed by atoms with Crippen LogP contribution in [0.15, 0.2) is 60.0 Å². The first-order chi connectivity index (χ1) is 8.84. The highest BCUT2D eigenvalue weighted by molar-refractivity contribution is 7.17. The van der Waals surface area contributed by atoms with Gasteiger partial charge in [0, 0.05) is 10.7 Å². The van der Waals surface area contributed by atoms with E-state index in [1.54, 1.807) is 11.3 Å². The number of thiophene rings is 1. The molecule has 0 saturated heterocycles. The third-order valence-electron chi connectivity index (χ3n) is 3.21. The van der Waals surface area contributed by atoms with Crippen LogP contribution in [0.5, 0.6) is 0 Å². The summed E-state index contributed by atoms with van der Waals surface area (Å²) in [7, 11) is 0. The van der Waals surface area contributed by atoms with Gasteiger partial charge in [-0.05, 0) is 34.4 Å². The topological polar surface area (TPSA) is 26.0 Å². The zero-order valence-corrected chi connectivity index (χ0v) is 10.9. The molecule has 0 radical (unpaired) electrons. The lowest BCUT2D eigenvalue weighted by Crippen LogP contribution is -2.13. The van der Waals surface area contributed by atoms with Crippen molar-refractivity contribution in [3.05, 3.63) is 71.1 Å². The van der Waals surface area contributed by atoms with Gasteiger partial charge in [0.15, 0.2) is 0 Å². The molecule has 0 saturated carbocycles. The number of hydrogen-bond acceptors (Lipinski definition) is 2. The van der Waals surface area contributed by atoms with E-state index in [2.05, 4.69) is 53.9 Å². The summed E-state index contributed by atoms with van der Waals surface area (Å²) in [5.41, 5.74) is 8.91. The van der Waals surface area contributed by atoms with Gasteiger partial charge < -0.3 is 5.73 Å². The highest BCUT2D eigenvalue weighted by atomic mass is 32.1. The van der Waals surface area contributed by atoms with Crippen molar-refractivity contribution in [1.82, 2.24) is 0 Å². The van der Waals surface area contributed by atoms with Crippen molar-refractivity contribution >= 4 is 21.4 Å². The van der Waals surface area contributed by atoms with E-state index in [4.69, 9.17) is 5.73 Å². The molecule has 2 N–H and O–H groups in total. The van der Waals surface area contributed by atoms with E-state index < -0.39 is 0 Å². The number of nitrogens with two attached hydrogens (primary N) is 1. The fourth-order valence-corrected chi connectivity index (χ4v) is 3.26. The van der Waals surface area contributed by atoms with E-state index in [1.807, 2.05) is 6.07 Å². The van der Waals surface area contributed by atoms with Gasteiger partial charge in [-0.25, -0.2) is 0 Å². The molecule has 1 heterocycles. The summed E-state index contributed by atoms with van der Waals surface area (Å²) in [6.45, 7) is 0. The van der Waals surface area contributed by atoms with Crippen LogP contribution in [-0.4, -0.2) is 0 Å². The second kappa shape index (κ2) is 4.92. The molecule has 2 aromatic carbocycles. The smallest absolute Gasteiger partial charge is 0.0390 e. The lowest BCUT2D eigenvalue weighted by molar-refractivity contribution is 0.729.